The number of aliphatic hydroxyl groups excluding tert-OH is 1. The lowest BCUT2D eigenvalue weighted by Gasteiger charge is -2.13. The van der Waals surface area contributed by atoms with Crippen molar-refractivity contribution in [1.29, 1.82) is 0 Å². The van der Waals surface area contributed by atoms with Crippen molar-refractivity contribution in [3.63, 3.8) is 0 Å². The summed E-state index contributed by atoms with van der Waals surface area (Å²) < 4.78 is 41.4. The fourth-order valence-corrected chi connectivity index (χ4v) is 1.25. The number of alkyl halides is 3. The van der Waals surface area contributed by atoms with Crippen LogP contribution in [0.25, 0.3) is 0 Å². The van der Waals surface area contributed by atoms with Crippen LogP contribution in [-0.2, 0) is 10.9 Å². The summed E-state index contributed by atoms with van der Waals surface area (Å²) >= 11 is 5.61. The molecule has 1 unspecified atom stereocenters. The number of halogens is 4. The van der Waals surface area contributed by atoms with Gasteiger partial charge in [-0.05, 0) is 18.2 Å². The minimum absolute atomic E-state index is 0.0253. The summed E-state index contributed by atoms with van der Waals surface area (Å²) in [4.78, 5) is 0. The summed E-state index contributed by atoms with van der Waals surface area (Å²) in [5.41, 5.74) is -0.980. The van der Waals surface area contributed by atoms with Crippen LogP contribution in [-0.4, -0.2) is 12.2 Å². The zero-order valence-corrected chi connectivity index (χ0v) is 8.43. The zero-order valence-electron chi connectivity index (χ0n) is 7.68. The van der Waals surface area contributed by atoms with Gasteiger partial charge >= 0.3 is 6.18 Å². The molecular weight excluding hydrogens is 233 g/mol. The average molecular weight is 241 g/mol. The maximum absolute atomic E-state index is 12.3. The SMILES string of the molecule is COC(O)c1cc(C(F)(F)F)ccc1Cl. The molecule has 0 heterocycles. The summed E-state index contributed by atoms with van der Waals surface area (Å²) in [6, 6.07) is 2.67. The second-order valence-corrected chi connectivity index (χ2v) is 3.23. The molecule has 0 aliphatic heterocycles. The summed E-state index contributed by atoms with van der Waals surface area (Å²) in [7, 11) is 1.17. The first-order valence-electron chi connectivity index (χ1n) is 3.93. The number of rotatable bonds is 2. The van der Waals surface area contributed by atoms with Gasteiger partial charge in [0.1, 0.15) is 0 Å². The van der Waals surface area contributed by atoms with Crippen LogP contribution in [0.15, 0.2) is 18.2 Å². The van der Waals surface area contributed by atoms with Crippen LogP contribution in [0.4, 0.5) is 13.2 Å². The smallest absolute Gasteiger partial charge is 0.364 e. The lowest BCUT2D eigenvalue weighted by molar-refractivity contribution is -0.138. The molecule has 0 radical (unpaired) electrons. The molecule has 0 bridgehead atoms. The standard InChI is InChI=1S/C9H8ClF3O2/c1-15-8(14)6-4-5(9(11,12)13)2-3-7(6)10/h2-4,8,14H,1H3. The number of methoxy groups -OCH3 is 1. The van der Waals surface area contributed by atoms with E-state index >= 15 is 0 Å². The fraction of sp³-hybridized carbons (Fsp3) is 0.333. The lowest BCUT2D eigenvalue weighted by atomic mass is 10.1. The van der Waals surface area contributed by atoms with E-state index in [1.54, 1.807) is 0 Å². The maximum atomic E-state index is 12.3. The molecule has 84 valence electrons. The van der Waals surface area contributed by atoms with E-state index in [0.29, 0.717) is 0 Å². The molecule has 0 fully saturated rings. The van der Waals surface area contributed by atoms with Crippen molar-refractivity contribution in [2.75, 3.05) is 7.11 Å². The van der Waals surface area contributed by atoms with E-state index in [4.69, 9.17) is 11.6 Å². The Hall–Kier alpha value is -0.780. The van der Waals surface area contributed by atoms with Gasteiger partial charge in [-0.25, -0.2) is 0 Å². The number of hydrogen-bond donors (Lipinski definition) is 1. The molecule has 15 heavy (non-hydrogen) atoms. The third-order valence-corrected chi connectivity index (χ3v) is 2.16. The van der Waals surface area contributed by atoms with Gasteiger partial charge in [0.25, 0.3) is 0 Å². The Morgan fingerprint density at radius 3 is 2.47 bits per heavy atom. The van der Waals surface area contributed by atoms with Crippen molar-refractivity contribution in [1.82, 2.24) is 0 Å². The van der Waals surface area contributed by atoms with Crippen LogP contribution >= 0.6 is 11.6 Å². The van der Waals surface area contributed by atoms with E-state index in [0.717, 1.165) is 18.2 Å². The van der Waals surface area contributed by atoms with E-state index in [1.165, 1.54) is 7.11 Å². The van der Waals surface area contributed by atoms with Gasteiger partial charge in [-0.15, -0.1) is 0 Å². The van der Waals surface area contributed by atoms with Crippen molar-refractivity contribution < 1.29 is 23.0 Å². The van der Waals surface area contributed by atoms with E-state index in [1.807, 2.05) is 0 Å². The average Bonchev–Trinajstić information content (AvgIpc) is 2.15. The van der Waals surface area contributed by atoms with E-state index < -0.39 is 18.0 Å². The summed E-state index contributed by atoms with van der Waals surface area (Å²) in [6.45, 7) is 0. The molecular formula is C9H8ClF3O2. The predicted octanol–water partition coefficient (Wildman–Crippen LogP) is 3.00. The Labute approximate surface area is 89.2 Å². The Morgan fingerprint density at radius 1 is 1.40 bits per heavy atom. The van der Waals surface area contributed by atoms with Crippen LogP contribution < -0.4 is 0 Å². The monoisotopic (exact) mass is 240 g/mol. The molecule has 1 rings (SSSR count). The molecule has 0 aromatic heterocycles. The summed E-state index contributed by atoms with van der Waals surface area (Å²) in [5.74, 6) is 0. The number of hydrogen-bond acceptors (Lipinski definition) is 2. The predicted molar refractivity (Wildman–Crippen MR) is 48.4 cm³/mol. The zero-order chi connectivity index (χ0) is 11.6. The Balaban J connectivity index is 3.17. The Morgan fingerprint density at radius 2 is 2.00 bits per heavy atom. The topological polar surface area (TPSA) is 29.5 Å². The van der Waals surface area contributed by atoms with Gasteiger partial charge in [-0.3, -0.25) is 0 Å². The largest absolute Gasteiger partial charge is 0.416 e. The summed E-state index contributed by atoms with van der Waals surface area (Å²) in [5, 5.41) is 9.25. The third kappa shape index (κ3) is 2.84. The molecule has 0 aliphatic carbocycles. The molecule has 6 heteroatoms. The molecule has 0 saturated heterocycles. The highest BCUT2D eigenvalue weighted by molar-refractivity contribution is 6.31. The Bertz CT molecular complexity index is 352. The molecule has 2 nitrogen and oxygen atoms in total. The van der Waals surface area contributed by atoms with E-state index in [2.05, 4.69) is 4.74 Å². The molecule has 0 spiro atoms. The second-order valence-electron chi connectivity index (χ2n) is 2.82. The Kier molecular flexibility index (Phi) is 3.59. The van der Waals surface area contributed by atoms with Crippen LogP contribution in [0, 0.1) is 0 Å². The quantitative estimate of drug-likeness (QED) is 0.806. The molecule has 0 amide bonds. The van der Waals surface area contributed by atoms with Gasteiger partial charge in [0, 0.05) is 17.7 Å². The highest BCUT2D eigenvalue weighted by atomic mass is 35.5. The highest BCUT2D eigenvalue weighted by Crippen LogP contribution is 2.33. The van der Waals surface area contributed by atoms with E-state index in [9.17, 15) is 18.3 Å². The normalized spacial score (nSPS) is 14.0. The van der Waals surface area contributed by atoms with Crippen molar-refractivity contribution in [2.45, 2.75) is 12.5 Å². The van der Waals surface area contributed by atoms with Crippen molar-refractivity contribution in [3.8, 4) is 0 Å². The third-order valence-electron chi connectivity index (χ3n) is 1.81. The van der Waals surface area contributed by atoms with Gasteiger partial charge in [0.15, 0.2) is 6.29 Å². The van der Waals surface area contributed by atoms with Gasteiger partial charge in [-0.1, -0.05) is 11.6 Å². The van der Waals surface area contributed by atoms with Gasteiger partial charge in [0.2, 0.25) is 0 Å². The lowest BCUT2D eigenvalue weighted by Crippen LogP contribution is -2.08. The molecule has 0 saturated carbocycles. The van der Waals surface area contributed by atoms with Crippen molar-refractivity contribution in [2.24, 2.45) is 0 Å². The maximum Gasteiger partial charge on any atom is 0.416 e. The first-order valence-corrected chi connectivity index (χ1v) is 4.31. The van der Waals surface area contributed by atoms with Crippen molar-refractivity contribution >= 4 is 11.6 Å². The van der Waals surface area contributed by atoms with Crippen LogP contribution in [0.2, 0.25) is 5.02 Å². The molecule has 1 atom stereocenters. The van der Waals surface area contributed by atoms with Crippen molar-refractivity contribution in [3.05, 3.63) is 34.3 Å². The van der Waals surface area contributed by atoms with E-state index in [-0.39, 0.29) is 10.6 Å². The fourth-order valence-electron chi connectivity index (χ4n) is 1.04. The molecule has 0 aliphatic rings. The van der Waals surface area contributed by atoms with Gasteiger partial charge in [-0.2, -0.15) is 13.2 Å². The number of ether oxygens (including phenoxy) is 1. The number of benzene rings is 1. The van der Waals surface area contributed by atoms with Crippen LogP contribution in [0.5, 0.6) is 0 Å². The second kappa shape index (κ2) is 4.38. The van der Waals surface area contributed by atoms with Crippen LogP contribution in [0.1, 0.15) is 17.4 Å². The molecule has 1 N–H and O–H groups in total. The summed E-state index contributed by atoms with van der Waals surface area (Å²) in [6.07, 6.45) is -5.92. The minimum atomic E-state index is -4.47. The van der Waals surface area contributed by atoms with Gasteiger partial charge < -0.3 is 9.84 Å². The van der Waals surface area contributed by atoms with Crippen LogP contribution in [0.3, 0.4) is 0 Å². The molecule has 1 aromatic carbocycles. The first kappa shape index (κ1) is 12.3. The van der Waals surface area contributed by atoms with Gasteiger partial charge in [0.05, 0.1) is 5.56 Å². The molecule has 1 aromatic rings. The minimum Gasteiger partial charge on any atom is -0.364 e. The highest BCUT2D eigenvalue weighted by Gasteiger charge is 2.31. The number of aliphatic hydroxyl groups is 1. The first-order chi connectivity index (χ1) is 6.86.